The summed E-state index contributed by atoms with van der Waals surface area (Å²) in [5.41, 5.74) is 1.22. The summed E-state index contributed by atoms with van der Waals surface area (Å²) < 4.78 is 4.95. The summed E-state index contributed by atoms with van der Waals surface area (Å²) >= 11 is 0. The number of carbonyl (C=O) groups is 1. The van der Waals surface area contributed by atoms with Crippen molar-refractivity contribution in [1.82, 2.24) is 0 Å². The highest BCUT2D eigenvalue weighted by molar-refractivity contribution is 5.79. The second kappa shape index (κ2) is 7.03. The van der Waals surface area contributed by atoms with Crippen molar-refractivity contribution in [1.29, 1.82) is 10.5 Å². The van der Waals surface area contributed by atoms with Crippen molar-refractivity contribution >= 4 is 11.7 Å². The van der Waals surface area contributed by atoms with Gasteiger partial charge < -0.3 is 10.1 Å². The molecule has 0 heterocycles. The number of ether oxygens (including phenoxy) is 1. The Bertz CT molecular complexity index is 541. The van der Waals surface area contributed by atoms with Gasteiger partial charge in [0.1, 0.15) is 18.2 Å². The van der Waals surface area contributed by atoms with Crippen LogP contribution in [0.3, 0.4) is 0 Å². The molecule has 19 heavy (non-hydrogen) atoms. The number of rotatable bonds is 5. The topological polar surface area (TPSA) is 85.9 Å². The van der Waals surface area contributed by atoms with Gasteiger partial charge in [0.15, 0.2) is 0 Å². The van der Waals surface area contributed by atoms with Crippen LogP contribution in [0, 0.1) is 22.7 Å². The zero-order valence-electron chi connectivity index (χ0n) is 10.9. The third-order valence-corrected chi connectivity index (χ3v) is 2.58. The summed E-state index contributed by atoms with van der Waals surface area (Å²) in [5, 5.41) is 20.8. The smallest absolute Gasteiger partial charge is 0.328 e. The highest BCUT2D eigenvalue weighted by Gasteiger charge is 2.17. The molecule has 5 nitrogen and oxygen atoms in total. The van der Waals surface area contributed by atoms with Crippen LogP contribution < -0.4 is 5.32 Å². The van der Waals surface area contributed by atoms with Gasteiger partial charge in [0.05, 0.1) is 17.7 Å². The number of nitriles is 2. The van der Waals surface area contributed by atoms with Gasteiger partial charge in [-0.05, 0) is 31.5 Å². The molecule has 0 amide bonds. The lowest BCUT2D eigenvalue weighted by atomic mass is 10.1. The Morgan fingerprint density at radius 3 is 2.53 bits per heavy atom. The average Bonchev–Trinajstić information content (AvgIpc) is 2.44. The Balaban J connectivity index is 2.90. The van der Waals surface area contributed by atoms with E-state index in [0.717, 1.165) is 0 Å². The van der Waals surface area contributed by atoms with Gasteiger partial charge >= 0.3 is 5.97 Å². The first-order valence-electron chi connectivity index (χ1n) is 6.03. The van der Waals surface area contributed by atoms with Crippen molar-refractivity contribution in [2.45, 2.75) is 26.3 Å². The summed E-state index contributed by atoms with van der Waals surface area (Å²) in [6.45, 7) is 3.94. The van der Waals surface area contributed by atoms with Crippen molar-refractivity contribution in [2.75, 3.05) is 11.9 Å². The number of esters is 1. The molecule has 0 radical (unpaired) electrons. The Hall–Kier alpha value is -2.53. The number of nitrogens with one attached hydrogen (secondary N) is 1. The van der Waals surface area contributed by atoms with E-state index in [1.807, 2.05) is 19.1 Å². The van der Waals surface area contributed by atoms with E-state index in [1.165, 1.54) is 0 Å². The predicted molar refractivity (Wildman–Crippen MR) is 70.2 cm³/mol. The number of benzene rings is 1. The zero-order chi connectivity index (χ0) is 14.3. The lowest BCUT2D eigenvalue weighted by Gasteiger charge is -2.16. The van der Waals surface area contributed by atoms with Crippen LogP contribution in [0.1, 0.15) is 31.4 Å². The molecule has 0 aliphatic rings. The number of hydrogen-bond donors (Lipinski definition) is 1. The number of anilines is 1. The largest absolute Gasteiger partial charge is 0.464 e. The Labute approximate surface area is 112 Å². The Kier molecular flexibility index (Phi) is 5.37. The Morgan fingerprint density at radius 1 is 1.32 bits per heavy atom. The molecule has 5 heteroatoms. The van der Waals surface area contributed by atoms with Crippen molar-refractivity contribution in [3.05, 3.63) is 29.3 Å². The van der Waals surface area contributed by atoms with Gasteiger partial charge in [-0.2, -0.15) is 10.5 Å². The van der Waals surface area contributed by atoms with Crippen molar-refractivity contribution in [2.24, 2.45) is 0 Å². The minimum Gasteiger partial charge on any atom is -0.464 e. The van der Waals surface area contributed by atoms with Crippen LogP contribution in [0.15, 0.2) is 18.2 Å². The quantitative estimate of drug-likeness (QED) is 0.817. The Morgan fingerprint density at radius 2 is 2.00 bits per heavy atom. The fourth-order valence-corrected chi connectivity index (χ4v) is 1.60. The maximum Gasteiger partial charge on any atom is 0.328 e. The molecule has 1 atom stereocenters. The van der Waals surface area contributed by atoms with Gasteiger partial charge in [-0.1, -0.05) is 6.92 Å². The summed E-state index contributed by atoms with van der Waals surface area (Å²) in [6.07, 6.45) is 0.570. The normalized spacial score (nSPS) is 10.9. The van der Waals surface area contributed by atoms with Gasteiger partial charge in [-0.15, -0.1) is 0 Å². The van der Waals surface area contributed by atoms with E-state index >= 15 is 0 Å². The molecule has 0 saturated heterocycles. The van der Waals surface area contributed by atoms with E-state index in [-0.39, 0.29) is 11.5 Å². The van der Waals surface area contributed by atoms with Crippen LogP contribution in [0.2, 0.25) is 0 Å². The highest BCUT2D eigenvalue weighted by Crippen LogP contribution is 2.16. The highest BCUT2D eigenvalue weighted by atomic mass is 16.5. The number of hydrogen-bond acceptors (Lipinski definition) is 5. The SMILES string of the molecule is CCOC(=O)C(CC)Nc1ccc(C#N)c(C#N)c1. The number of nitrogens with zero attached hydrogens (tertiary/aromatic N) is 2. The summed E-state index contributed by atoms with van der Waals surface area (Å²) in [7, 11) is 0. The van der Waals surface area contributed by atoms with Crippen LogP contribution in [0.25, 0.3) is 0 Å². The molecular weight excluding hydrogens is 242 g/mol. The standard InChI is InChI=1S/C14H15N3O2/c1-3-13(14(18)19-4-2)17-12-6-5-10(8-15)11(7-12)9-16/h5-7,13,17H,3-4H2,1-2H3. The summed E-state index contributed by atoms with van der Waals surface area (Å²) in [5.74, 6) is -0.326. The second-order valence-corrected chi connectivity index (χ2v) is 3.84. The molecule has 0 saturated carbocycles. The maximum atomic E-state index is 11.7. The van der Waals surface area contributed by atoms with Gasteiger partial charge in [-0.25, -0.2) is 4.79 Å². The molecular formula is C14H15N3O2. The summed E-state index contributed by atoms with van der Waals surface area (Å²) in [6, 6.07) is 8.22. The van der Waals surface area contributed by atoms with Gasteiger partial charge in [0.25, 0.3) is 0 Å². The minimum atomic E-state index is -0.459. The van der Waals surface area contributed by atoms with Gasteiger partial charge in [0.2, 0.25) is 0 Å². The van der Waals surface area contributed by atoms with Crippen molar-refractivity contribution < 1.29 is 9.53 Å². The van der Waals surface area contributed by atoms with Crippen LogP contribution in [0.4, 0.5) is 5.69 Å². The van der Waals surface area contributed by atoms with Crippen LogP contribution >= 0.6 is 0 Å². The first-order valence-corrected chi connectivity index (χ1v) is 6.03. The monoisotopic (exact) mass is 257 g/mol. The molecule has 0 spiro atoms. The lowest BCUT2D eigenvalue weighted by molar-refractivity contribution is -0.144. The van der Waals surface area contributed by atoms with Gasteiger partial charge in [0, 0.05) is 5.69 Å². The second-order valence-electron chi connectivity index (χ2n) is 3.84. The minimum absolute atomic E-state index is 0.284. The fourth-order valence-electron chi connectivity index (χ4n) is 1.60. The third-order valence-electron chi connectivity index (χ3n) is 2.58. The molecule has 1 unspecified atom stereocenters. The maximum absolute atomic E-state index is 11.7. The number of carbonyl (C=O) groups excluding carboxylic acids is 1. The van der Waals surface area contributed by atoms with Crippen LogP contribution in [-0.4, -0.2) is 18.6 Å². The molecule has 1 N–H and O–H groups in total. The van der Waals surface area contributed by atoms with Crippen molar-refractivity contribution in [3.63, 3.8) is 0 Å². The third kappa shape index (κ3) is 3.72. The lowest BCUT2D eigenvalue weighted by Crippen LogP contribution is -2.30. The van der Waals surface area contributed by atoms with Crippen LogP contribution in [0.5, 0.6) is 0 Å². The van der Waals surface area contributed by atoms with E-state index in [9.17, 15) is 4.79 Å². The van der Waals surface area contributed by atoms with E-state index in [1.54, 1.807) is 25.1 Å². The molecule has 0 fully saturated rings. The average molecular weight is 257 g/mol. The molecule has 1 rings (SSSR count). The predicted octanol–water partition coefficient (Wildman–Crippen LogP) is 2.18. The van der Waals surface area contributed by atoms with Crippen molar-refractivity contribution in [3.8, 4) is 12.1 Å². The molecule has 1 aromatic rings. The van der Waals surface area contributed by atoms with Gasteiger partial charge in [-0.3, -0.25) is 0 Å². The molecule has 0 aliphatic heterocycles. The van der Waals surface area contributed by atoms with Crippen LogP contribution in [-0.2, 0) is 9.53 Å². The van der Waals surface area contributed by atoms with E-state index in [4.69, 9.17) is 15.3 Å². The fraction of sp³-hybridized carbons (Fsp3) is 0.357. The summed E-state index contributed by atoms with van der Waals surface area (Å²) in [4.78, 5) is 11.7. The molecule has 0 bridgehead atoms. The first-order chi connectivity index (χ1) is 9.15. The molecule has 0 aliphatic carbocycles. The van der Waals surface area contributed by atoms with E-state index in [0.29, 0.717) is 24.3 Å². The molecule has 1 aromatic carbocycles. The van der Waals surface area contributed by atoms with E-state index < -0.39 is 6.04 Å². The first kappa shape index (κ1) is 14.5. The van der Waals surface area contributed by atoms with E-state index in [2.05, 4.69) is 5.32 Å². The molecule has 0 aromatic heterocycles. The zero-order valence-corrected chi connectivity index (χ0v) is 10.9. The molecule has 98 valence electrons.